The lowest BCUT2D eigenvalue weighted by atomic mass is 10.1. The molecule has 0 radical (unpaired) electrons. The quantitative estimate of drug-likeness (QED) is 0.718. The van der Waals surface area contributed by atoms with Gasteiger partial charge in [0.25, 0.3) is 0 Å². The van der Waals surface area contributed by atoms with Crippen molar-refractivity contribution < 1.29 is 4.79 Å². The van der Waals surface area contributed by atoms with Crippen LogP contribution in [0.1, 0.15) is 17.3 Å². The Morgan fingerprint density at radius 1 is 1.50 bits per heavy atom. The lowest BCUT2D eigenvalue weighted by Gasteiger charge is -2.20. The monoisotopic (exact) mass is 190 g/mol. The van der Waals surface area contributed by atoms with Crippen LogP contribution in [0.2, 0.25) is 0 Å². The number of likely N-dealkylation sites (N-methyl/N-ethyl adjacent to an activating group) is 1. The van der Waals surface area contributed by atoms with Crippen molar-refractivity contribution in [3.8, 4) is 0 Å². The Hall–Kier alpha value is -1.35. The van der Waals surface area contributed by atoms with Gasteiger partial charge in [-0.3, -0.25) is 10.1 Å². The highest BCUT2D eigenvalue weighted by Gasteiger charge is 2.27. The minimum atomic E-state index is 0.0439. The summed E-state index contributed by atoms with van der Waals surface area (Å²) in [5.41, 5.74) is 2.37. The van der Waals surface area contributed by atoms with Gasteiger partial charge in [0.2, 0.25) is 5.91 Å². The minimum Gasteiger partial charge on any atom is -0.325 e. The van der Waals surface area contributed by atoms with E-state index in [1.807, 2.05) is 19.2 Å². The average molecular weight is 190 g/mol. The molecule has 3 heteroatoms. The van der Waals surface area contributed by atoms with Gasteiger partial charge in [0.15, 0.2) is 0 Å². The number of hydrogen-bond acceptors (Lipinski definition) is 2. The summed E-state index contributed by atoms with van der Waals surface area (Å²) in [6.45, 7) is 2.50. The van der Waals surface area contributed by atoms with E-state index in [0.29, 0.717) is 6.54 Å². The summed E-state index contributed by atoms with van der Waals surface area (Å²) in [6.07, 6.45) is 0.0439. The molecule has 74 valence electrons. The van der Waals surface area contributed by atoms with Gasteiger partial charge in [-0.15, -0.1) is 0 Å². The van der Waals surface area contributed by atoms with E-state index >= 15 is 0 Å². The van der Waals surface area contributed by atoms with Crippen molar-refractivity contribution in [2.24, 2.45) is 0 Å². The van der Waals surface area contributed by atoms with Crippen molar-refractivity contribution in [3.05, 3.63) is 35.4 Å². The fraction of sp³-hybridized carbons (Fsp3) is 0.364. The van der Waals surface area contributed by atoms with Crippen LogP contribution in [0.3, 0.4) is 0 Å². The van der Waals surface area contributed by atoms with E-state index in [2.05, 4.69) is 24.4 Å². The normalized spacial score (nSPS) is 21.7. The Bertz CT molecular complexity index is 362. The van der Waals surface area contributed by atoms with E-state index in [4.69, 9.17) is 0 Å². The fourth-order valence-corrected chi connectivity index (χ4v) is 1.77. The third kappa shape index (κ3) is 1.51. The second kappa shape index (κ2) is 3.42. The van der Waals surface area contributed by atoms with E-state index in [9.17, 15) is 4.79 Å². The highest BCUT2D eigenvalue weighted by molar-refractivity contribution is 5.80. The zero-order valence-electron chi connectivity index (χ0n) is 8.45. The predicted molar refractivity (Wildman–Crippen MR) is 54.7 cm³/mol. The number of carbonyl (C=O) groups excluding carboxylic acids is 1. The maximum atomic E-state index is 11.3. The molecule has 1 aliphatic heterocycles. The van der Waals surface area contributed by atoms with Crippen LogP contribution in [0.4, 0.5) is 0 Å². The summed E-state index contributed by atoms with van der Waals surface area (Å²) in [4.78, 5) is 13.1. The number of nitrogens with one attached hydrogen (secondary N) is 1. The van der Waals surface area contributed by atoms with Crippen molar-refractivity contribution in [1.29, 1.82) is 0 Å². The van der Waals surface area contributed by atoms with Gasteiger partial charge in [0.05, 0.1) is 6.54 Å². The van der Waals surface area contributed by atoms with Gasteiger partial charge in [-0.2, -0.15) is 0 Å². The first-order chi connectivity index (χ1) is 6.68. The van der Waals surface area contributed by atoms with Crippen molar-refractivity contribution in [1.82, 2.24) is 10.2 Å². The molecule has 1 aromatic rings. The van der Waals surface area contributed by atoms with Gasteiger partial charge >= 0.3 is 0 Å². The third-order valence-corrected chi connectivity index (χ3v) is 2.59. The molecule has 0 bridgehead atoms. The van der Waals surface area contributed by atoms with Gasteiger partial charge in [0.1, 0.15) is 6.17 Å². The van der Waals surface area contributed by atoms with Crippen LogP contribution in [0, 0.1) is 6.92 Å². The zero-order chi connectivity index (χ0) is 10.1. The SMILES string of the molecule is Cc1cccc(C2NCC(=O)N2C)c1. The molecular weight excluding hydrogens is 176 g/mol. The molecule has 0 saturated carbocycles. The molecular formula is C11H14N2O. The third-order valence-electron chi connectivity index (χ3n) is 2.59. The summed E-state index contributed by atoms with van der Waals surface area (Å²) < 4.78 is 0. The van der Waals surface area contributed by atoms with Crippen LogP contribution >= 0.6 is 0 Å². The van der Waals surface area contributed by atoms with Crippen molar-refractivity contribution in [2.75, 3.05) is 13.6 Å². The molecule has 1 heterocycles. The Morgan fingerprint density at radius 3 is 2.86 bits per heavy atom. The van der Waals surface area contributed by atoms with Gasteiger partial charge in [-0.25, -0.2) is 0 Å². The highest BCUT2D eigenvalue weighted by atomic mass is 16.2. The molecule has 0 aromatic heterocycles. The molecule has 1 unspecified atom stereocenters. The van der Waals surface area contributed by atoms with Gasteiger partial charge < -0.3 is 4.90 Å². The summed E-state index contributed by atoms with van der Waals surface area (Å²) in [5.74, 6) is 0.150. The molecule has 14 heavy (non-hydrogen) atoms. The van der Waals surface area contributed by atoms with Gasteiger partial charge in [-0.05, 0) is 12.5 Å². The first-order valence-corrected chi connectivity index (χ1v) is 4.74. The lowest BCUT2D eigenvalue weighted by molar-refractivity contribution is -0.126. The molecule has 1 N–H and O–H groups in total. The van der Waals surface area contributed by atoms with Crippen LogP contribution in [0.15, 0.2) is 24.3 Å². The number of amides is 1. The molecule has 1 aromatic carbocycles. The summed E-state index contributed by atoms with van der Waals surface area (Å²) in [6, 6.07) is 8.22. The van der Waals surface area contributed by atoms with Crippen molar-refractivity contribution in [2.45, 2.75) is 13.1 Å². The maximum Gasteiger partial charge on any atom is 0.237 e. The maximum absolute atomic E-state index is 11.3. The van der Waals surface area contributed by atoms with E-state index in [1.54, 1.807) is 4.90 Å². The zero-order valence-corrected chi connectivity index (χ0v) is 8.45. The minimum absolute atomic E-state index is 0.0439. The number of carbonyl (C=O) groups is 1. The molecule has 3 nitrogen and oxygen atoms in total. The standard InChI is InChI=1S/C11H14N2O/c1-8-4-3-5-9(6-8)11-12-7-10(14)13(11)2/h3-6,11-12H,7H2,1-2H3. The number of rotatable bonds is 1. The van der Waals surface area contributed by atoms with Gasteiger partial charge in [-0.1, -0.05) is 29.8 Å². The summed E-state index contributed by atoms with van der Waals surface area (Å²) in [7, 11) is 1.83. The van der Waals surface area contributed by atoms with E-state index in [-0.39, 0.29) is 12.1 Å². The summed E-state index contributed by atoms with van der Waals surface area (Å²) >= 11 is 0. The van der Waals surface area contributed by atoms with Crippen LogP contribution in [-0.4, -0.2) is 24.4 Å². The lowest BCUT2D eigenvalue weighted by Crippen LogP contribution is -2.25. The molecule has 2 rings (SSSR count). The summed E-state index contributed by atoms with van der Waals surface area (Å²) in [5, 5.41) is 3.18. The smallest absolute Gasteiger partial charge is 0.237 e. The van der Waals surface area contributed by atoms with Crippen molar-refractivity contribution >= 4 is 5.91 Å². The van der Waals surface area contributed by atoms with Crippen LogP contribution < -0.4 is 5.32 Å². The highest BCUT2D eigenvalue weighted by Crippen LogP contribution is 2.20. The predicted octanol–water partition coefficient (Wildman–Crippen LogP) is 1.06. The Labute approximate surface area is 83.7 Å². The molecule has 1 fully saturated rings. The molecule has 1 atom stereocenters. The molecule has 1 amide bonds. The molecule has 1 saturated heterocycles. The van der Waals surface area contributed by atoms with Crippen molar-refractivity contribution in [3.63, 3.8) is 0 Å². The first kappa shape index (κ1) is 9.21. The first-order valence-electron chi connectivity index (χ1n) is 4.74. The van der Waals surface area contributed by atoms with E-state index < -0.39 is 0 Å². The van der Waals surface area contributed by atoms with Crippen LogP contribution in [0.25, 0.3) is 0 Å². The number of benzene rings is 1. The molecule has 1 aliphatic rings. The Kier molecular flexibility index (Phi) is 2.25. The largest absolute Gasteiger partial charge is 0.325 e. The van der Waals surface area contributed by atoms with E-state index in [0.717, 1.165) is 5.56 Å². The van der Waals surface area contributed by atoms with Gasteiger partial charge in [0, 0.05) is 7.05 Å². The Morgan fingerprint density at radius 2 is 2.29 bits per heavy atom. The topological polar surface area (TPSA) is 32.3 Å². The molecule has 0 spiro atoms. The van der Waals surface area contributed by atoms with E-state index in [1.165, 1.54) is 5.56 Å². The Balaban J connectivity index is 2.28. The van der Waals surface area contributed by atoms with Crippen LogP contribution in [-0.2, 0) is 4.79 Å². The second-order valence-corrected chi connectivity index (χ2v) is 3.70. The average Bonchev–Trinajstić information content (AvgIpc) is 2.48. The second-order valence-electron chi connectivity index (χ2n) is 3.70. The fourth-order valence-electron chi connectivity index (χ4n) is 1.77. The molecule has 0 aliphatic carbocycles. The number of nitrogens with zero attached hydrogens (tertiary/aromatic N) is 1. The van der Waals surface area contributed by atoms with Crippen LogP contribution in [0.5, 0.6) is 0 Å². The number of hydrogen-bond donors (Lipinski definition) is 1. The number of aryl methyl sites for hydroxylation is 1.